The van der Waals surface area contributed by atoms with E-state index in [4.69, 9.17) is 9.84 Å². The summed E-state index contributed by atoms with van der Waals surface area (Å²) in [6, 6.07) is 6.31. The second-order valence-corrected chi connectivity index (χ2v) is 8.48. The highest BCUT2D eigenvalue weighted by Crippen LogP contribution is 2.26. The van der Waals surface area contributed by atoms with E-state index in [-0.39, 0.29) is 18.4 Å². The highest BCUT2D eigenvalue weighted by Gasteiger charge is 2.24. The summed E-state index contributed by atoms with van der Waals surface area (Å²) in [7, 11) is 1.55. The van der Waals surface area contributed by atoms with Crippen molar-refractivity contribution in [1.82, 2.24) is 20.9 Å². The maximum atomic E-state index is 12.6. The zero-order chi connectivity index (χ0) is 25.1. The fraction of sp³-hybridized carbons (Fsp3) is 0.500. The van der Waals surface area contributed by atoms with Crippen molar-refractivity contribution in [3.05, 3.63) is 30.0 Å². The van der Waals surface area contributed by atoms with Gasteiger partial charge in [0, 0.05) is 23.9 Å². The van der Waals surface area contributed by atoms with Gasteiger partial charge >= 0.3 is 0 Å². The molecule has 1 aromatic heterocycles. The summed E-state index contributed by atoms with van der Waals surface area (Å²) < 4.78 is 5.29. The first-order valence-corrected chi connectivity index (χ1v) is 11.4. The number of ether oxygens (including phenoxy) is 1. The van der Waals surface area contributed by atoms with Crippen LogP contribution in [0.25, 0.3) is 10.9 Å². The first-order chi connectivity index (χ1) is 16.2. The van der Waals surface area contributed by atoms with Crippen molar-refractivity contribution < 1.29 is 29.0 Å². The van der Waals surface area contributed by atoms with Gasteiger partial charge in [0.25, 0.3) is 5.91 Å². The van der Waals surface area contributed by atoms with Gasteiger partial charge in [0.15, 0.2) is 5.78 Å². The number of H-pyrrole nitrogens is 1. The molecule has 1 atom stereocenters. The van der Waals surface area contributed by atoms with Crippen LogP contribution in [-0.2, 0) is 14.4 Å². The van der Waals surface area contributed by atoms with Crippen molar-refractivity contribution in [2.45, 2.75) is 45.6 Å². The van der Waals surface area contributed by atoms with Gasteiger partial charge in [-0.2, -0.15) is 0 Å². The van der Waals surface area contributed by atoms with Crippen molar-refractivity contribution >= 4 is 34.4 Å². The lowest BCUT2D eigenvalue weighted by molar-refractivity contribution is -0.127. The van der Waals surface area contributed by atoms with Crippen molar-refractivity contribution in [2.75, 3.05) is 26.8 Å². The Bertz CT molecular complexity index is 993. The Kier molecular flexibility index (Phi) is 10.5. The molecule has 1 fully saturated rings. The second kappa shape index (κ2) is 13.3. The molecule has 10 heteroatoms. The number of carbonyl (C=O) groups is 4. The van der Waals surface area contributed by atoms with Gasteiger partial charge in [-0.05, 0) is 43.4 Å². The molecule has 1 aliphatic rings. The highest BCUT2D eigenvalue weighted by atomic mass is 16.5. The summed E-state index contributed by atoms with van der Waals surface area (Å²) in [5, 5.41) is 17.4. The summed E-state index contributed by atoms with van der Waals surface area (Å²) in [5.74, 6) is -0.388. The van der Waals surface area contributed by atoms with Gasteiger partial charge in [0.2, 0.25) is 11.8 Å². The van der Waals surface area contributed by atoms with Gasteiger partial charge in [-0.3, -0.25) is 19.2 Å². The number of amides is 3. The highest BCUT2D eigenvalue weighted by molar-refractivity contribution is 6.01. The minimum Gasteiger partial charge on any atom is -0.496 e. The zero-order valence-corrected chi connectivity index (χ0v) is 19.9. The quantitative estimate of drug-likeness (QED) is 0.370. The molecule has 0 radical (unpaired) electrons. The lowest BCUT2D eigenvalue weighted by atomic mass is 10.0. The number of nitrogens with one attached hydrogen (secondary N) is 4. The number of hydrogen-bond donors (Lipinski definition) is 5. The number of methoxy groups -OCH3 is 1. The molecule has 5 N–H and O–H groups in total. The number of hydrogen-bond acceptors (Lipinski definition) is 6. The van der Waals surface area contributed by atoms with Gasteiger partial charge in [-0.15, -0.1) is 0 Å². The number of piperidine rings is 1. The van der Waals surface area contributed by atoms with Crippen molar-refractivity contribution in [2.24, 2.45) is 5.92 Å². The third-order valence-corrected chi connectivity index (χ3v) is 5.21. The number of aliphatic hydroxyl groups is 1. The van der Waals surface area contributed by atoms with Crippen molar-refractivity contribution in [1.29, 1.82) is 0 Å². The van der Waals surface area contributed by atoms with Crippen molar-refractivity contribution in [3.63, 3.8) is 0 Å². The fourth-order valence-corrected chi connectivity index (χ4v) is 3.46. The maximum absolute atomic E-state index is 12.6. The summed E-state index contributed by atoms with van der Waals surface area (Å²) >= 11 is 0. The molecular formula is C24H34N4O6. The minimum absolute atomic E-state index is 0.150. The van der Waals surface area contributed by atoms with Crippen LogP contribution in [0.3, 0.4) is 0 Å². The van der Waals surface area contributed by atoms with Crippen LogP contribution in [0.2, 0.25) is 0 Å². The predicted octanol–water partition coefficient (Wildman–Crippen LogP) is 1.29. The Hall–Kier alpha value is -3.40. The summed E-state index contributed by atoms with van der Waals surface area (Å²) in [4.78, 5) is 49.5. The van der Waals surface area contributed by atoms with E-state index in [1.807, 2.05) is 26.0 Å². The average Bonchev–Trinajstić information content (AvgIpc) is 3.27. The van der Waals surface area contributed by atoms with E-state index in [2.05, 4.69) is 20.9 Å². The van der Waals surface area contributed by atoms with Crippen LogP contribution in [-0.4, -0.2) is 66.4 Å². The Morgan fingerprint density at radius 1 is 1.21 bits per heavy atom. The number of aromatic nitrogens is 1. The minimum atomic E-state index is -0.794. The summed E-state index contributed by atoms with van der Waals surface area (Å²) in [6.07, 6.45) is 3.38. The predicted molar refractivity (Wildman–Crippen MR) is 128 cm³/mol. The molecule has 0 aliphatic carbocycles. The molecule has 1 saturated heterocycles. The molecule has 186 valence electrons. The molecule has 0 spiro atoms. The van der Waals surface area contributed by atoms with E-state index in [1.54, 1.807) is 19.2 Å². The molecule has 2 heterocycles. The third-order valence-electron chi connectivity index (χ3n) is 5.21. The van der Waals surface area contributed by atoms with Crippen LogP contribution < -0.4 is 20.7 Å². The van der Waals surface area contributed by atoms with Crippen LogP contribution in [0.4, 0.5) is 0 Å². The average molecular weight is 475 g/mol. The maximum Gasteiger partial charge on any atom is 0.268 e. The van der Waals surface area contributed by atoms with Gasteiger partial charge < -0.3 is 30.8 Å². The number of aromatic amines is 1. The van der Waals surface area contributed by atoms with Gasteiger partial charge in [-0.1, -0.05) is 19.9 Å². The first kappa shape index (κ1) is 26.8. The Balaban J connectivity index is 0.000000497. The van der Waals surface area contributed by atoms with Crippen molar-refractivity contribution in [3.8, 4) is 5.75 Å². The molecule has 10 nitrogen and oxygen atoms in total. The monoisotopic (exact) mass is 474 g/mol. The van der Waals surface area contributed by atoms with Crippen LogP contribution in [0.1, 0.15) is 50.0 Å². The Morgan fingerprint density at radius 2 is 1.97 bits per heavy atom. The number of rotatable bonds is 9. The summed E-state index contributed by atoms with van der Waals surface area (Å²) in [5.41, 5.74) is 1.06. The first-order valence-electron chi connectivity index (χ1n) is 11.4. The molecule has 2 aromatic rings. The molecule has 34 heavy (non-hydrogen) atoms. The molecule has 0 saturated carbocycles. The Labute approximate surface area is 198 Å². The number of fused-ring (bicyclic) bond motifs is 1. The van der Waals surface area contributed by atoms with Gasteiger partial charge in [0.1, 0.15) is 24.1 Å². The Morgan fingerprint density at radius 3 is 2.53 bits per heavy atom. The number of ketones is 1. The van der Waals surface area contributed by atoms with E-state index in [0.717, 1.165) is 36.7 Å². The van der Waals surface area contributed by atoms with E-state index in [9.17, 15) is 19.2 Å². The lowest BCUT2D eigenvalue weighted by Crippen LogP contribution is -2.48. The number of aliphatic hydroxyl groups excluding tert-OH is 1. The van der Waals surface area contributed by atoms with Gasteiger partial charge in [-0.25, -0.2) is 0 Å². The topological polar surface area (TPSA) is 150 Å². The molecule has 0 unspecified atom stereocenters. The number of benzene rings is 1. The molecule has 0 bridgehead atoms. The number of carbonyl (C=O) groups excluding carboxylic acids is 4. The van der Waals surface area contributed by atoms with Crippen LogP contribution in [0.15, 0.2) is 24.3 Å². The lowest BCUT2D eigenvalue weighted by Gasteiger charge is -2.19. The van der Waals surface area contributed by atoms with E-state index in [0.29, 0.717) is 17.9 Å². The molecular weight excluding hydrogens is 440 g/mol. The molecule has 3 rings (SSSR count). The third kappa shape index (κ3) is 8.18. The molecule has 1 aromatic carbocycles. The second-order valence-electron chi connectivity index (χ2n) is 8.48. The molecule has 1 aliphatic heterocycles. The van der Waals surface area contributed by atoms with Crippen LogP contribution in [0, 0.1) is 5.92 Å². The van der Waals surface area contributed by atoms with E-state index in [1.165, 1.54) is 0 Å². The standard InChI is InChI=1S/C19H25N3O5.C5H9NO/c1-11(2)7-15(18(25)20-9-12(24)10-23)22-19(26)16-8-13-14(21-16)5-4-6-17(13)27-3;7-5-3-1-2-4-6-5/h4-6,8,11,15,21,23H,7,9-10H2,1-3H3,(H,20,25)(H,22,26);1-4H2,(H,6,7)/t15-;/m0./s1. The fourth-order valence-electron chi connectivity index (χ4n) is 3.46. The van der Waals surface area contributed by atoms with Crippen LogP contribution in [0.5, 0.6) is 5.75 Å². The normalized spacial score (nSPS) is 14.0. The smallest absolute Gasteiger partial charge is 0.268 e. The van der Waals surface area contributed by atoms with Crippen LogP contribution >= 0.6 is 0 Å². The SMILES string of the molecule is COc1cccc2[nH]c(C(=O)N[C@@H](CC(C)C)C(=O)NCC(=O)CO)cc12.O=C1CCCCN1. The molecule has 3 amide bonds. The number of Topliss-reactive ketones (excluding diaryl/α,β-unsaturated/α-hetero) is 1. The largest absolute Gasteiger partial charge is 0.496 e. The summed E-state index contributed by atoms with van der Waals surface area (Å²) in [6.45, 7) is 3.83. The van der Waals surface area contributed by atoms with Gasteiger partial charge in [0.05, 0.1) is 13.7 Å². The van der Waals surface area contributed by atoms with E-state index < -0.39 is 30.2 Å². The zero-order valence-electron chi connectivity index (χ0n) is 19.9. The van der Waals surface area contributed by atoms with E-state index >= 15 is 0 Å².